The van der Waals surface area contributed by atoms with Gasteiger partial charge < -0.3 is 9.88 Å². The van der Waals surface area contributed by atoms with Gasteiger partial charge in [-0.2, -0.15) is 0 Å². The van der Waals surface area contributed by atoms with Crippen LogP contribution in [0.2, 0.25) is 0 Å². The molecule has 0 aromatic carbocycles. The summed E-state index contributed by atoms with van der Waals surface area (Å²) < 4.78 is 2.11. The number of pyridine rings is 1. The molecule has 0 spiro atoms. The number of nitrogens with one attached hydrogen (secondary N) is 1. The van der Waals surface area contributed by atoms with Crippen LogP contribution in [0.4, 0.5) is 0 Å². The third-order valence-corrected chi connectivity index (χ3v) is 4.52. The Bertz CT molecular complexity index is 546. The van der Waals surface area contributed by atoms with Crippen LogP contribution >= 0.6 is 0 Å². The first-order valence-corrected chi connectivity index (χ1v) is 8.76. The lowest BCUT2D eigenvalue weighted by molar-refractivity contribution is 0.427. The van der Waals surface area contributed by atoms with Crippen molar-refractivity contribution in [1.82, 2.24) is 9.88 Å². The fraction of sp³-hybridized carbons (Fsp3) is 0.737. The molecule has 124 valence electrons. The van der Waals surface area contributed by atoms with Gasteiger partial charge in [0.1, 0.15) is 0 Å². The Morgan fingerprint density at radius 1 is 1.23 bits per heavy atom. The minimum atomic E-state index is 0.00560. The van der Waals surface area contributed by atoms with Crippen molar-refractivity contribution >= 4 is 0 Å². The predicted molar refractivity (Wildman–Crippen MR) is 93.5 cm³/mol. The fourth-order valence-corrected chi connectivity index (χ4v) is 3.36. The maximum atomic E-state index is 13.0. The predicted octanol–water partition coefficient (Wildman–Crippen LogP) is 4.01. The van der Waals surface area contributed by atoms with Crippen LogP contribution in [0, 0.1) is 5.92 Å². The van der Waals surface area contributed by atoms with E-state index in [0.29, 0.717) is 18.5 Å². The highest BCUT2D eigenvalue weighted by atomic mass is 16.1. The molecule has 1 fully saturated rings. The van der Waals surface area contributed by atoms with Crippen LogP contribution in [-0.4, -0.2) is 11.1 Å². The Labute approximate surface area is 135 Å². The van der Waals surface area contributed by atoms with Gasteiger partial charge in [0.2, 0.25) is 0 Å². The summed E-state index contributed by atoms with van der Waals surface area (Å²) in [6.07, 6.45) is 4.78. The number of aromatic nitrogens is 1. The monoisotopic (exact) mass is 304 g/mol. The van der Waals surface area contributed by atoms with Gasteiger partial charge in [-0.3, -0.25) is 4.79 Å². The molecule has 3 nitrogen and oxygen atoms in total. The first-order valence-electron chi connectivity index (χ1n) is 8.76. The Morgan fingerprint density at radius 3 is 2.41 bits per heavy atom. The number of nitrogens with zero attached hydrogens (tertiary/aromatic N) is 1. The summed E-state index contributed by atoms with van der Waals surface area (Å²) >= 11 is 0. The number of rotatable bonds is 5. The van der Waals surface area contributed by atoms with E-state index < -0.39 is 0 Å². The first kappa shape index (κ1) is 17.3. The molecule has 0 bridgehead atoms. The van der Waals surface area contributed by atoms with E-state index in [1.165, 1.54) is 18.5 Å². The smallest absolute Gasteiger partial charge is 0.255 e. The number of hydrogen-bond acceptors (Lipinski definition) is 2. The molecule has 1 aromatic rings. The summed E-state index contributed by atoms with van der Waals surface area (Å²) in [6.45, 7) is 12.6. The maximum absolute atomic E-state index is 13.0. The zero-order valence-electron chi connectivity index (χ0n) is 14.9. The van der Waals surface area contributed by atoms with E-state index in [1.807, 2.05) is 6.07 Å². The van der Waals surface area contributed by atoms with E-state index in [1.54, 1.807) is 0 Å². The van der Waals surface area contributed by atoms with Crippen molar-refractivity contribution in [2.45, 2.75) is 78.3 Å². The van der Waals surface area contributed by atoms with E-state index in [2.05, 4.69) is 50.6 Å². The van der Waals surface area contributed by atoms with E-state index in [-0.39, 0.29) is 11.0 Å². The second-order valence-electron chi connectivity index (χ2n) is 8.13. The zero-order valence-corrected chi connectivity index (χ0v) is 14.9. The Hall–Kier alpha value is -1.09. The van der Waals surface area contributed by atoms with Gasteiger partial charge in [0.05, 0.1) is 0 Å². The molecule has 0 unspecified atom stereocenters. The van der Waals surface area contributed by atoms with Gasteiger partial charge in [-0.15, -0.1) is 0 Å². The highest BCUT2D eigenvalue weighted by Gasteiger charge is 2.26. The molecule has 0 atom stereocenters. The molecule has 1 aromatic heterocycles. The van der Waals surface area contributed by atoms with Gasteiger partial charge in [0.25, 0.3) is 5.56 Å². The molecule has 0 radical (unpaired) electrons. The van der Waals surface area contributed by atoms with Crippen molar-refractivity contribution in [3.8, 4) is 0 Å². The SMILES string of the molecule is CC(C)CNCc1ccc(C(C)(C)C)n(C2CCCC2)c1=O. The van der Waals surface area contributed by atoms with Crippen LogP contribution in [0.5, 0.6) is 0 Å². The molecule has 1 heterocycles. The minimum Gasteiger partial charge on any atom is -0.312 e. The largest absolute Gasteiger partial charge is 0.312 e. The molecule has 1 N–H and O–H groups in total. The van der Waals surface area contributed by atoms with Crippen LogP contribution < -0.4 is 10.9 Å². The molecule has 3 heteroatoms. The molecule has 0 aliphatic heterocycles. The summed E-state index contributed by atoms with van der Waals surface area (Å²) in [7, 11) is 0. The van der Waals surface area contributed by atoms with Crippen molar-refractivity contribution in [2.24, 2.45) is 5.92 Å². The standard InChI is InChI=1S/C19H32N2O/c1-14(2)12-20-13-15-10-11-17(19(3,4)5)21(18(15)22)16-8-6-7-9-16/h10-11,14,16,20H,6-9,12-13H2,1-5H3. The first-order chi connectivity index (χ1) is 10.3. The lowest BCUT2D eigenvalue weighted by atomic mass is 9.90. The van der Waals surface area contributed by atoms with Gasteiger partial charge in [-0.05, 0) is 31.4 Å². The summed E-state index contributed by atoms with van der Waals surface area (Å²) in [5.74, 6) is 0.603. The molecule has 1 aliphatic rings. The summed E-state index contributed by atoms with van der Waals surface area (Å²) in [5.41, 5.74) is 2.30. The topological polar surface area (TPSA) is 34.0 Å². The van der Waals surface area contributed by atoms with E-state index in [9.17, 15) is 4.79 Å². The normalized spacial score (nSPS) is 16.6. The maximum Gasteiger partial charge on any atom is 0.255 e. The van der Waals surface area contributed by atoms with Crippen molar-refractivity contribution in [2.75, 3.05) is 6.54 Å². The molecular formula is C19H32N2O. The van der Waals surface area contributed by atoms with Gasteiger partial charge in [-0.1, -0.05) is 53.5 Å². The molecule has 2 rings (SSSR count). The average Bonchev–Trinajstić information content (AvgIpc) is 2.92. The average molecular weight is 304 g/mol. The second kappa shape index (κ2) is 6.99. The quantitative estimate of drug-likeness (QED) is 0.892. The zero-order chi connectivity index (χ0) is 16.3. The van der Waals surface area contributed by atoms with Gasteiger partial charge in [0, 0.05) is 29.3 Å². The minimum absolute atomic E-state index is 0.00560. The summed E-state index contributed by atoms with van der Waals surface area (Å²) in [5, 5.41) is 3.40. The van der Waals surface area contributed by atoms with Crippen LogP contribution in [0.25, 0.3) is 0 Å². The van der Waals surface area contributed by atoms with Crippen LogP contribution in [-0.2, 0) is 12.0 Å². The van der Waals surface area contributed by atoms with E-state index in [0.717, 1.165) is 24.9 Å². The van der Waals surface area contributed by atoms with Gasteiger partial charge >= 0.3 is 0 Å². The molecule has 22 heavy (non-hydrogen) atoms. The Morgan fingerprint density at radius 2 is 1.86 bits per heavy atom. The van der Waals surface area contributed by atoms with Crippen molar-refractivity contribution in [3.05, 3.63) is 33.7 Å². The molecule has 1 saturated carbocycles. The second-order valence-corrected chi connectivity index (χ2v) is 8.13. The third kappa shape index (κ3) is 4.01. The molecule has 1 aliphatic carbocycles. The van der Waals surface area contributed by atoms with Gasteiger partial charge in [-0.25, -0.2) is 0 Å². The fourth-order valence-electron chi connectivity index (χ4n) is 3.36. The summed E-state index contributed by atoms with van der Waals surface area (Å²) in [4.78, 5) is 13.0. The third-order valence-electron chi connectivity index (χ3n) is 4.52. The lowest BCUT2D eigenvalue weighted by Gasteiger charge is -2.28. The van der Waals surface area contributed by atoms with Crippen molar-refractivity contribution in [1.29, 1.82) is 0 Å². The van der Waals surface area contributed by atoms with Crippen LogP contribution in [0.15, 0.2) is 16.9 Å². The summed E-state index contributed by atoms with van der Waals surface area (Å²) in [6, 6.07) is 4.60. The van der Waals surface area contributed by atoms with Crippen LogP contribution in [0.3, 0.4) is 0 Å². The van der Waals surface area contributed by atoms with Crippen LogP contribution in [0.1, 0.15) is 77.6 Å². The van der Waals surface area contributed by atoms with Crippen molar-refractivity contribution < 1.29 is 0 Å². The molecular weight excluding hydrogens is 272 g/mol. The van der Waals surface area contributed by atoms with Gasteiger partial charge in [0.15, 0.2) is 0 Å². The lowest BCUT2D eigenvalue weighted by Crippen LogP contribution is -2.35. The highest BCUT2D eigenvalue weighted by molar-refractivity contribution is 5.22. The Kier molecular flexibility index (Phi) is 5.49. The Balaban J connectivity index is 2.34. The van der Waals surface area contributed by atoms with Crippen molar-refractivity contribution in [3.63, 3.8) is 0 Å². The number of hydrogen-bond donors (Lipinski definition) is 1. The van der Waals surface area contributed by atoms with E-state index >= 15 is 0 Å². The molecule has 0 amide bonds. The van der Waals surface area contributed by atoms with E-state index in [4.69, 9.17) is 0 Å². The highest BCUT2D eigenvalue weighted by Crippen LogP contribution is 2.32. The molecule has 0 saturated heterocycles.